The van der Waals surface area contributed by atoms with Gasteiger partial charge in [0.25, 0.3) is 5.91 Å². The Kier molecular flexibility index (Phi) is 5.16. The minimum Gasteiger partial charge on any atom is -0.334 e. The summed E-state index contributed by atoms with van der Waals surface area (Å²) in [6.07, 6.45) is 2.15. The molecule has 3 rings (SSSR count). The minimum absolute atomic E-state index is 0.00401. The van der Waals surface area contributed by atoms with Crippen LogP contribution >= 0.6 is 0 Å². The molecule has 1 aromatic carbocycles. The Morgan fingerprint density at radius 1 is 1.32 bits per heavy atom. The Hall–Kier alpha value is -2.63. The van der Waals surface area contributed by atoms with Crippen molar-refractivity contribution in [1.82, 2.24) is 15.1 Å². The van der Waals surface area contributed by atoms with Gasteiger partial charge >= 0.3 is 0 Å². The first kappa shape index (κ1) is 17.2. The first-order valence-corrected chi connectivity index (χ1v) is 8.78. The molecule has 2 heterocycles. The molecule has 25 heavy (non-hydrogen) atoms. The van der Waals surface area contributed by atoms with E-state index in [2.05, 4.69) is 29.4 Å². The molecule has 2 N–H and O–H groups in total. The SMILES string of the molecule is CCC(C)CC(=O)Nc1n[nH]c2c1CN(C(=O)c1ccccc1)CC2. The fraction of sp³-hybridized carbons (Fsp3) is 0.421. The summed E-state index contributed by atoms with van der Waals surface area (Å²) in [6.45, 7) is 5.23. The highest BCUT2D eigenvalue weighted by Gasteiger charge is 2.26. The molecule has 1 atom stereocenters. The Bertz CT molecular complexity index is 754. The van der Waals surface area contributed by atoms with Crippen molar-refractivity contribution in [3.05, 3.63) is 47.2 Å². The van der Waals surface area contributed by atoms with E-state index in [4.69, 9.17) is 0 Å². The highest BCUT2D eigenvalue weighted by atomic mass is 16.2. The normalized spacial score (nSPS) is 14.7. The molecule has 0 saturated heterocycles. The first-order chi connectivity index (χ1) is 12.1. The second-order valence-electron chi connectivity index (χ2n) is 6.64. The number of aromatic amines is 1. The lowest BCUT2D eigenvalue weighted by Gasteiger charge is -2.27. The summed E-state index contributed by atoms with van der Waals surface area (Å²) in [4.78, 5) is 26.6. The van der Waals surface area contributed by atoms with Crippen LogP contribution in [0.5, 0.6) is 0 Å². The molecule has 1 aliphatic rings. The van der Waals surface area contributed by atoms with Crippen molar-refractivity contribution >= 4 is 17.6 Å². The number of benzene rings is 1. The lowest BCUT2D eigenvalue weighted by molar-refractivity contribution is -0.117. The van der Waals surface area contributed by atoms with Crippen LogP contribution in [0, 0.1) is 5.92 Å². The van der Waals surface area contributed by atoms with E-state index in [9.17, 15) is 9.59 Å². The van der Waals surface area contributed by atoms with E-state index >= 15 is 0 Å². The van der Waals surface area contributed by atoms with Crippen molar-refractivity contribution in [2.24, 2.45) is 5.92 Å². The predicted octanol–water partition coefficient (Wildman–Crippen LogP) is 2.98. The van der Waals surface area contributed by atoms with Gasteiger partial charge in [-0.1, -0.05) is 38.5 Å². The van der Waals surface area contributed by atoms with Crippen LogP contribution in [0.25, 0.3) is 0 Å². The third-order valence-corrected chi connectivity index (χ3v) is 4.73. The molecule has 6 heteroatoms. The lowest BCUT2D eigenvalue weighted by Crippen LogP contribution is -2.36. The van der Waals surface area contributed by atoms with Gasteiger partial charge in [-0.2, -0.15) is 5.10 Å². The molecular weight excluding hydrogens is 316 g/mol. The maximum Gasteiger partial charge on any atom is 0.254 e. The summed E-state index contributed by atoms with van der Waals surface area (Å²) in [5.41, 5.74) is 2.58. The summed E-state index contributed by atoms with van der Waals surface area (Å²) < 4.78 is 0. The number of hydrogen-bond donors (Lipinski definition) is 2. The quantitative estimate of drug-likeness (QED) is 0.878. The number of anilines is 1. The van der Waals surface area contributed by atoms with Crippen molar-refractivity contribution in [2.45, 2.75) is 39.7 Å². The fourth-order valence-electron chi connectivity index (χ4n) is 2.98. The molecule has 6 nitrogen and oxygen atoms in total. The molecule has 1 aromatic heterocycles. The lowest BCUT2D eigenvalue weighted by atomic mass is 10.0. The molecule has 2 aromatic rings. The zero-order valence-corrected chi connectivity index (χ0v) is 14.7. The van der Waals surface area contributed by atoms with E-state index in [1.54, 1.807) is 4.90 Å². The molecular formula is C19H24N4O2. The summed E-state index contributed by atoms with van der Waals surface area (Å²) in [6, 6.07) is 9.26. The molecule has 1 aliphatic heterocycles. The number of nitrogens with zero attached hydrogens (tertiary/aromatic N) is 2. The summed E-state index contributed by atoms with van der Waals surface area (Å²) in [7, 11) is 0. The van der Waals surface area contributed by atoms with Gasteiger partial charge < -0.3 is 10.2 Å². The van der Waals surface area contributed by atoms with Crippen LogP contribution in [0.2, 0.25) is 0 Å². The second kappa shape index (κ2) is 7.51. The van der Waals surface area contributed by atoms with Crippen molar-refractivity contribution in [1.29, 1.82) is 0 Å². The number of aromatic nitrogens is 2. The Morgan fingerprint density at radius 3 is 2.80 bits per heavy atom. The highest BCUT2D eigenvalue weighted by Crippen LogP contribution is 2.25. The smallest absolute Gasteiger partial charge is 0.254 e. The largest absolute Gasteiger partial charge is 0.334 e. The highest BCUT2D eigenvalue weighted by molar-refractivity contribution is 5.95. The average molecular weight is 340 g/mol. The van der Waals surface area contributed by atoms with Gasteiger partial charge in [0.05, 0.1) is 6.54 Å². The monoisotopic (exact) mass is 340 g/mol. The van der Waals surface area contributed by atoms with Gasteiger partial charge in [-0.15, -0.1) is 0 Å². The average Bonchev–Trinajstić information content (AvgIpc) is 3.03. The Morgan fingerprint density at radius 2 is 2.08 bits per heavy atom. The topological polar surface area (TPSA) is 78.1 Å². The number of rotatable bonds is 5. The minimum atomic E-state index is -0.0323. The molecule has 2 amide bonds. The summed E-state index contributed by atoms with van der Waals surface area (Å²) in [5.74, 6) is 0.860. The van der Waals surface area contributed by atoms with E-state index in [1.165, 1.54) is 0 Å². The zero-order valence-electron chi connectivity index (χ0n) is 14.7. The number of fused-ring (bicyclic) bond motifs is 1. The van der Waals surface area contributed by atoms with Gasteiger partial charge in [0.2, 0.25) is 5.91 Å². The molecule has 0 radical (unpaired) electrons. The third-order valence-electron chi connectivity index (χ3n) is 4.73. The second-order valence-corrected chi connectivity index (χ2v) is 6.64. The van der Waals surface area contributed by atoms with E-state index in [1.807, 2.05) is 30.3 Å². The Labute approximate surface area is 147 Å². The van der Waals surface area contributed by atoms with Gasteiger partial charge in [-0.25, -0.2) is 0 Å². The zero-order chi connectivity index (χ0) is 17.8. The molecule has 1 unspecified atom stereocenters. The summed E-state index contributed by atoms with van der Waals surface area (Å²) in [5, 5.41) is 10.1. The molecule has 0 fully saturated rings. The number of amides is 2. The fourth-order valence-corrected chi connectivity index (χ4v) is 2.98. The first-order valence-electron chi connectivity index (χ1n) is 8.78. The van der Waals surface area contributed by atoms with Gasteiger partial charge in [0.15, 0.2) is 5.82 Å². The van der Waals surface area contributed by atoms with Crippen LogP contribution in [0.4, 0.5) is 5.82 Å². The number of hydrogen-bond acceptors (Lipinski definition) is 3. The standard InChI is InChI=1S/C19H24N4O2/c1-3-13(2)11-17(24)20-18-15-12-23(10-9-16(15)21-22-18)19(25)14-7-5-4-6-8-14/h4-8,13H,3,9-12H2,1-2H3,(H2,20,21,22,24). The van der Waals surface area contributed by atoms with Crippen LogP contribution in [-0.2, 0) is 17.8 Å². The number of carbonyl (C=O) groups is 2. The van der Waals surface area contributed by atoms with Crippen LogP contribution in [0.15, 0.2) is 30.3 Å². The van der Waals surface area contributed by atoms with Crippen LogP contribution < -0.4 is 5.32 Å². The van der Waals surface area contributed by atoms with Gasteiger partial charge in [0, 0.05) is 36.2 Å². The predicted molar refractivity (Wildman–Crippen MR) is 96.2 cm³/mol. The van der Waals surface area contributed by atoms with E-state index in [0.29, 0.717) is 43.2 Å². The van der Waals surface area contributed by atoms with E-state index < -0.39 is 0 Å². The third kappa shape index (κ3) is 3.90. The maximum atomic E-state index is 12.7. The van der Waals surface area contributed by atoms with E-state index in [0.717, 1.165) is 17.7 Å². The van der Waals surface area contributed by atoms with E-state index in [-0.39, 0.29) is 11.8 Å². The number of H-pyrrole nitrogens is 1. The Balaban J connectivity index is 1.71. The molecule has 132 valence electrons. The van der Waals surface area contributed by atoms with Gasteiger partial charge in [-0.05, 0) is 18.1 Å². The summed E-state index contributed by atoms with van der Waals surface area (Å²) >= 11 is 0. The van der Waals surface area contributed by atoms with Gasteiger partial charge in [-0.3, -0.25) is 14.7 Å². The molecule has 0 saturated carbocycles. The van der Waals surface area contributed by atoms with Crippen molar-refractivity contribution in [2.75, 3.05) is 11.9 Å². The molecule has 0 aliphatic carbocycles. The van der Waals surface area contributed by atoms with Crippen LogP contribution in [0.1, 0.15) is 48.3 Å². The van der Waals surface area contributed by atoms with Crippen LogP contribution in [-0.4, -0.2) is 33.5 Å². The maximum absolute atomic E-state index is 12.7. The van der Waals surface area contributed by atoms with Crippen LogP contribution in [0.3, 0.4) is 0 Å². The van der Waals surface area contributed by atoms with Crippen molar-refractivity contribution < 1.29 is 9.59 Å². The number of nitrogens with one attached hydrogen (secondary N) is 2. The van der Waals surface area contributed by atoms with Crippen molar-refractivity contribution in [3.8, 4) is 0 Å². The molecule has 0 bridgehead atoms. The molecule has 0 spiro atoms. The van der Waals surface area contributed by atoms with Gasteiger partial charge in [0.1, 0.15) is 0 Å². The number of carbonyl (C=O) groups excluding carboxylic acids is 2. The van der Waals surface area contributed by atoms with Crippen molar-refractivity contribution in [3.63, 3.8) is 0 Å².